The summed E-state index contributed by atoms with van der Waals surface area (Å²) in [7, 11) is 1.54. The summed E-state index contributed by atoms with van der Waals surface area (Å²) in [5, 5.41) is 1.96. The SMILES string of the molecule is Cc1cncc(-c2csc([C@]34CN(C(=O)c5cc(F)cc(F)c5)CC3C(=O)N(C)C(N)=N4)c2)c1. The Morgan fingerprint density at radius 3 is 2.59 bits per heavy atom. The predicted molar refractivity (Wildman–Crippen MR) is 124 cm³/mol. The summed E-state index contributed by atoms with van der Waals surface area (Å²) >= 11 is 1.42. The van der Waals surface area contributed by atoms with E-state index in [1.165, 1.54) is 28.2 Å². The molecule has 174 valence electrons. The second-order valence-corrected chi connectivity index (χ2v) is 9.55. The summed E-state index contributed by atoms with van der Waals surface area (Å²) in [6.07, 6.45) is 3.52. The molecule has 1 fully saturated rings. The van der Waals surface area contributed by atoms with Crippen LogP contribution in [0.4, 0.5) is 8.78 Å². The molecule has 2 amide bonds. The molecule has 5 rings (SSSR count). The lowest BCUT2D eigenvalue weighted by Gasteiger charge is -2.36. The number of guanidine groups is 1. The molecule has 10 heteroatoms. The van der Waals surface area contributed by atoms with E-state index in [2.05, 4.69) is 4.98 Å². The number of amides is 2. The second kappa shape index (κ2) is 7.98. The first-order valence-corrected chi connectivity index (χ1v) is 11.5. The summed E-state index contributed by atoms with van der Waals surface area (Å²) in [4.78, 5) is 38.8. The van der Waals surface area contributed by atoms with E-state index in [1.807, 2.05) is 24.4 Å². The van der Waals surface area contributed by atoms with Crippen LogP contribution >= 0.6 is 11.3 Å². The van der Waals surface area contributed by atoms with Crippen molar-refractivity contribution in [2.24, 2.45) is 16.6 Å². The number of hydrogen-bond donors (Lipinski definition) is 1. The van der Waals surface area contributed by atoms with Crippen LogP contribution in [0.5, 0.6) is 0 Å². The zero-order valence-electron chi connectivity index (χ0n) is 18.5. The Morgan fingerprint density at radius 2 is 1.88 bits per heavy atom. The molecule has 34 heavy (non-hydrogen) atoms. The molecule has 2 N–H and O–H groups in total. The fourth-order valence-corrected chi connectivity index (χ4v) is 5.72. The molecule has 2 aromatic heterocycles. The number of pyridine rings is 1. The van der Waals surface area contributed by atoms with E-state index in [0.717, 1.165) is 33.7 Å². The summed E-state index contributed by atoms with van der Waals surface area (Å²) in [6, 6.07) is 6.63. The maximum atomic E-state index is 13.8. The van der Waals surface area contributed by atoms with Crippen LogP contribution < -0.4 is 5.73 Å². The van der Waals surface area contributed by atoms with E-state index in [4.69, 9.17) is 10.7 Å². The van der Waals surface area contributed by atoms with Crippen LogP contribution in [-0.2, 0) is 10.3 Å². The highest BCUT2D eigenvalue weighted by Gasteiger charge is 2.57. The van der Waals surface area contributed by atoms with Gasteiger partial charge in [-0.05, 0) is 47.7 Å². The normalized spacial score (nSPS) is 22.1. The molecule has 4 heterocycles. The van der Waals surface area contributed by atoms with E-state index < -0.39 is 29.0 Å². The van der Waals surface area contributed by atoms with Crippen molar-refractivity contribution < 1.29 is 18.4 Å². The Bertz CT molecular complexity index is 1340. The van der Waals surface area contributed by atoms with Crippen molar-refractivity contribution in [2.75, 3.05) is 20.1 Å². The van der Waals surface area contributed by atoms with Crippen LogP contribution in [0.2, 0.25) is 0 Å². The highest BCUT2D eigenvalue weighted by Crippen LogP contribution is 2.47. The molecule has 7 nitrogen and oxygen atoms in total. The summed E-state index contributed by atoms with van der Waals surface area (Å²) in [5.74, 6) is -3.16. The van der Waals surface area contributed by atoms with Crippen LogP contribution in [0.1, 0.15) is 20.8 Å². The van der Waals surface area contributed by atoms with Gasteiger partial charge in [0.15, 0.2) is 5.96 Å². The molecule has 2 atom stereocenters. The lowest BCUT2D eigenvalue weighted by atomic mass is 9.83. The fourth-order valence-electron chi connectivity index (χ4n) is 4.61. The van der Waals surface area contributed by atoms with Gasteiger partial charge in [-0.15, -0.1) is 11.3 Å². The van der Waals surface area contributed by atoms with Crippen molar-refractivity contribution in [3.8, 4) is 11.1 Å². The molecule has 1 saturated heterocycles. The maximum absolute atomic E-state index is 13.8. The molecule has 1 aromatic carbocycles. The number of fused-ring (bicyclic) bond motifs is 1. The Morgan fingerprint density at radius 1 is 1.15 bits per heavy atom. The first-order valence-electron chi connectivity index (χ1n) is 10.6. The van der Waals surface area contributed by atoms with Crippen LogP contribution in [0.3, 0.4) is 0 Å². The third kappa shape index (κ3) is 3.54. The number of nitrogens with zero attached hydrogens (tertiary/aromatic N) is 4. The molecule has 2 aliphatic rings. The van der Waals surface area contributed by atoms with Gasteiger partial charge < -0.3 is 10.6 Å². The highest BCUT2D eigenvalue weighted by atomic mass is 32.1. The van der Waals surface area contributed by atoms with E-state index in [1.54, 1.807) is 12.4 Å². The van der Waals surface area contributed by atoms with Crippen LogP contribution in [0.25, 0.3) is 11.1 Å². The molecule has 0 bridgehead atoms. The molecule has 1 unspecified atom stereocenters. The van der Waals surface area contributed by atoms with E-state index in [-0.39, 0.29) is 30.5 Å². The van der Waals surface area contributed by atoms with E-state index in [9.17, 15) is 18.4 Å². The van der Waals surface area contributed by atoms with E-state index in [0.29, 0.717) is 6.07 Å². The lowest BCUT2D eigenvalue weighted by molar-refractivity contribution is -0.132. The standard InChI is InChI=1S/C24H21F2N5O2S/c1-13-3-15(9-28-8-13)16-6-20(34-11-16)24-12-31(10-19(24)22(33)30(2)23(27)29-24)21(32)14-4-17(25)7-18(26)5-14/h3-9,11,19H,10,12H2,1-2H3,(H2,27,29)/t19?,24-/m0/s1. The van der Waals surface area contributed by atoms with Gasteiger partial charge in [0.05, 0.1) is 12.5 Å². The van der Waals surface area contributed by atoms with Gasteiger partial charge in [-0.1, -0.05) is 0 Å². The molecular formula is C24H21F2N5O2S. The minimum absolute atomic E-state index is 0.0517. The largest absolute Gasteiger partial charge is 0.369 e. The molecule has 2 aliphatic heterocycles. The van der Waals surface area contributed by atoms with E-state index >= 15 is 0 Å². The minimum atomic E-state index is -1.09. The topological polar surface area (TPSA) is 91.9 Å². The average molecular weight is 482 g/mol. The summed E-state index contributed by atoms with van der Waals surface area (Å²) in [5.41, 5.74) is 7.75. The van der Waals surface area contributed by atoms with Crippen LogP contribution in [0, 0.1) is 24.5 Å². The van der Waals surface area contributed by atoms with Crippen LogP contribution in [-0.4, -0.2) is 52.7 Å². The number of carbonyl (C=O) groups excluding carboxylic acids is 2. The predicted octanol–water partition coefficient (Wildman–Crippen LogP) is 3.15. The van der Waals surface area contributed by atoms with Gasteiger partial charge in [-0.25, -0.2) is 13.8 Å². The van der Waals surface area contributed by atoms with Gasteiger partial charge >= 0.3 is 0 Å². The summed E-state index contributed by atoms with van der Waals surface area (Å²) < 4.78 is 27.5. The average Bonchev–Trinajstić information content (AvgIpc) is 3.43. The first-order chi connectivity index (χ1) is 16.2. The molecule has 0 radical (unpaired) electrons. The van der Waals surface area contributed by atoms with Crippen LogP contribution in [0.15, 0.2) is 53.1 Å². The number of aliphatic imine (C=N–C) groups is 1. The number of thiophene rings is 1. The Balaban J connectivity index is 1.57. The van der Waals surface area contributed by atoms with Gasteiger partial charge in [0, 0.05) is 48.1 Å². The smallest absolute Gasteiger partial charge is 0.254 e. The van der Waals surface area contributed by atoms with Crippen molar-refractivity contribution in [3.05, 3.63) is 75.7 Å². The summed E-state index contributed by atoms with van der Waals surface area (Å²) in [6.45, 7) is 2.06. The number of rotatable bonds is 3. The van der Waals surface area contributed by atoms with Gasteiger partial charge in [0.2, 0.25) is 5.91 Å². The Labute approximate surface area is 198 Å². The Hall–Kier alpha value is -3.66. The third-order valence-corrected chi connectivity index (χ3v) is 7.43. The van der Waals surface area contributed by atoms with Crippen molar-refractivity contribution in [1.82, 2.24) is 14.8 Å². The monoisotopic (exact) mass is 481 g/mol. The number of aryl methyl sites for hydroxylation is 1. The number of hydrogen-bond acceptors (Lipinski definition) is 6. The fraction of sp³-hybridized carbons (Fsp3) is 0.250. The Kier molecular flexibility index (Phi) is 5.20. The maximum Gasteiger partial charge on any atom is 0.254 e. The minimum Gasteiger partial charge on any atom is -0.369 e. The van der Waals surface area contributed by atoms with Gasteiger partial charge in [0.1, 0.15) is 17.2 Å². The number of carbonyl (C=O) groups is 2. The van der Waals surface area contributed by atoms with Gasteiger partial charge in [0.25, 0.3) is 5.91 Å². The number of nitrogens with two attached hydrogens (primary N) is 1. The molecule has 0 spiro atoms. The number of benzene rings is 1. The van der Waals surface area contributed by atoms with Crippen molar-refractivity contribution >= 4 is 29.1 Å². The molecule has 0 saturated carbocycles. The van der Waals surface area contributed by atoms with Crippen molar-refractivity contribution in [2.45, 2.75) is 12.5 Å². The zero-order chi connectivity index (χ0) is 24.2. The number of likely N-dealkylation sites (tertiary alicyclic amines) is 1. The molecule has 0 aliphatic carbocycles. The number of halogens is 2. The van der Waals surface area contributed by atoms with Gasteiger partial charge in [-0.2, -0.15) is 0 Å². The third-order valence-electron chi connectivity index (χ3n) is 6.33. The second-order valence-electron chi connectivity index (χ2n) is 8.64. The van der Waals surface area contributed by atoms with Gasteiger partial charge in [-0.3, -0.25) is 19.5 Å². The molecular weight excluding hydrogens is 460 g/mol. The molecule has 3 aromatic rings. The lowest BCUT2D eigenvalue weighted by Crippen LogP contribution is -2.54. The highest BCUT2D eigenvalue weighted by molar-refractivity contribution is 7.10. The quantitative estimate of drug-likeness (QED) is 0.622. The number of aromatic nitrogens is 1. The van der Waals surface area contributed by atoms with Crippen molar-refractivity contribution in [3.63, 3.8) is 0 Å². The first kappa shape index (κ1) is 22.1. The zero-order valence-corrected chi connectivity index (χ0v) is 19.3. The van der Waals surface area contributed by atoms with Crippen molar-refractivity contribution in [1.29, 1.82) is 0 Å².